The molecule has 0 aromatic carbocycles. The van der Waals surface area contributed by atoms with E-state index in [1.807, 2.05) is 28.7 Å². The lowest BCUT2D eigenvalue weighted by atomic mass is 9.92. The number of alkyl halides is 2. The molecule has 0 saturated carbocycles. The largest absolute Gasteiger partial charge is 0.382 e. The van der Waals surface area contributed by atoms with Crippen molar-refractivity contribution >= 4 is 33.9 Å². The van der Waals surface area contributed by atoms with Crippen molar-refractivity contribution in [1.82, 2.24) is 20.0 Å². The van der Waals surface area contributed by atoms with Crippen LogP contribution in [-0.4, -0.2) is 49.6 Å². The van der Waals surface area contributed by atoms with Crippen LogP contribution in [0.15, 0.2) is 18.5 Å². The molecule has 4 heterocycles. The molecule has 2 aliphatic rings. The number of fused-ring (bicyclic) bond motifs is 2. The topological polar surface area (TPSA) is 120 Å². The van der Waals surface area contributed by atoms with Gasteiger partial charge in [-0.15, -0.1) is 0 Å². The van der Waals surface area contributed by atoms with E-state index in [-0.39, 0.29) is 15.9 Å². The van der Waals surface area contributed by atoms with E-state index in [0.717, 1.165) is 0 Å². The molecule has 0 radical (unpaired) electrons. The van der Waals surface area contributed by atoms with Crippen LogP contribution in [0.1, 0.15) is 5.69 Å². The second-order valence-corrected chi connectivity index (χ2v) is 6.25. The highest BCUT2D eigenvalue weighted by Gasteiger charge is 2.71. The number of nitrogen functional groups attached to an aromatic ring is 1. The fraction of sp³-hybridized carbons (Fsp3) is 0.462. The van der Waals surface area contributed by atoms with Crippen LogP contribution in [0.4, 0.5) is 10.2 Å². The minimum atomic E-state index is -2.27. The highest BCUT2D eigenvalue weighted by molar-refractivity contribution is 14.1. The van der Waals surface area contributed by atoms with Gasteiger partial charge in [-0.2, -0.15) is 10.4 Å². The summed E-state index contributed by atoms with van der Waals surface area (Å²) in [4.78, 5) is 19.5. The first-order valence-corrected chi connectivity index (χ1v) is 8.64. The van der Waals surface area contributed by atoms with Crippen molar-refractivity contribution in [3.8, 4) is 6.07 Å². The lowest BCUT2D eigenvalue weighted by molar-refractivity contribution is -0.498. The van der Waals surface area contributed by atoms with Crippen molar-refractivity contribution in [2.75, 3.05) is 17.3 Å². The van der Waals surface area contributed by atoms with Gasteiger partial charge in [-0.1, -0.05) is 22.6 Å². The quantitative estimate of drug-likeness (QED) is 0.518. The van der Waals surface area contributed by atoms with Gasteiger partial charge in [0.25, 0.3) is 5.85 Å². The monoisotopic (exact) mass is 462 g/mol. The van der Waals surface area contributed by atoms with Crippen LogP contribution in [-0.2, 0) is 24.9 Å². The number of nitrogens with zero attached hydrogens (tertiary/aromatic N) is 5. The van der Waals surface area contributed by atoms with Gasteiger partial charge in [0.05, 0.1) is 22.6 Å². The normalized spacial score (nSPS) is 35.1. The number of hydrogen-bond donors (Lipinski definition) is 1. The fourth-order valence-corrected chi connectivity index (χ4v) is 3.65. The fourth-order valence-electron chi connectivity index (χ4n) is 3.06. The third-order valence-corrected chi connectivity index (χ3v) is 5.23. The molecule has 2 aromatic heterocycles. The van der Waals surface area contributed by atoms with Crippen LogP contribution in [0.5, 0.6) is 0 Å². The lowest BCUT2D eigenvalue weighted by Crippen LogP contribution is -2.40. The summed E-state index contributed by atoms with van der Waals surface area (Å²) in [6.45, 7) is 0. The summed E-state index contributed by atoms with van der Waals surface area (Å²) in [6.07, 6.45) is -1.09. The van der Waals surface area contributed by atoms with Gasteiger partial charge < -0.3 is 10.5 Å². The van der Waals surface area contributed by atoms with E-state index in [4.69, 9.17) is 25.0 Å². The maximum absolute atomic E-state index is 15.3. The Hall–Kier alpha value is -1.63. The van der Waals surface area contributed by atoms with Crippen molar-refractivity contribution in [1.29, 1.82) is 5.26 Å². The van der Waals surface area contributed by atoms with Gasteiger partial charge in [0.15, 0.2) is 18.0 Å². The number of rotatable bonds is 3. The van der Waals surface area contributed by atoms with Crippen molar-refractivity contribution in [2.45, 2.75) is 23.7 Å². The second kappa shape index (κ2) is 5.69. The molecule has 2 aromatic rings. The molecule has 4 atom stereocenters. The molecule has 2 N–H and O–H groups in total. The van der Waals surface area contributed by atoms with Gasteiger partial charge in [-0.05, 0) is 12.1 Å². The number of hydrogen-bond acceptors (Lipinski definition) is 9. The van der Waals surface area contributed by atoms with E-state index < -0.39 is 23.7 Å². The Morgan fingerprint density at radius 2 is 2.24 bits per heavy atom. The van der Waals surface area contributed by atoms with Crippen LogP contribution < -0.4 is 5.73 Å². The molecule has 2 fully saturated rings. The number of anilines is 1. The van der Waals surface area contributed by atoms with Crippen molar-refractivity contribution < 1.29 is 23.6 Å². The average Bonchev–Trinajstić information content (AvgIpc) is 3.29. The summed E-state index contributed by atoms with van der Waals surface area (Å²) in [5.74, 6) is -2.05. The highest BCUT2D eigenvalue weighted by Crippen LogP contribution is 2.52. The Balaban J connectivity index is 1.91. The van der Waals surface area contributed by atoms with Crippen LogP contribution in [0.25, 0.3) is 5.52 Å². The maximum atomic E-state index is 15.3. The average molecular weight is 462 g/mol. The SMILES string of the molecule is CON1O[C@@H]2[C@H](O1)[C@@](F)(CI)O[C@@]2(C#N)c1ccc2c(N)ncnn12. The minimum Gasteiger partial charge on any atom is -0.382 e. The predicted molar refractivity (Wildman–Crippen MR) is 87.1 cm³/mol. The molecule has 2 saturated heterocycles. The van der Waals surface area contributed by atoms with Crippen molar-refractivity contribution in [3.63, 3.8) is 0 Å². The standard InChI is InChI=1S/C13H12FIN6O4/c1-22-21-23-9-10(24-21)13(14,4-15)25-12(9,5-16)8-3-2-7-11(17)18-6-19-20(7)8/h2-3,6,9-10H,4H2,1H3,(H2,17,18,19)/t9-,10+,12+,13-/m1/s1. The Bertz CT molecular complexity index is 876. The molecule has 25 heavy (non-hydrogen) atoms. The summed E-state index contributed by atoms with van der Waals surface area (Å²) < 4.78 is 22.2. The number of nitrogens with two attached hydrogens (primary N) is 1. The molecule has 0 aliphatic carbocycles. The van der Waals surface area contributed by atoms with Gasteiger partial charge in [0.1, 0.15) is 17.9 Å². The summed E-state index contributed by atoms with van der Waals surface area (Å²) in [5, 5.41) is 14.7. The first kappa shape index (κ1) is 16.8. The third kappa shape index (κ3) is 2.17. The third-order valence-electron chi connectivity index (χ3n) is 4.19. The molecular weight excluding hydrogens is 450 g/mol. The van der Waals surface area contributed by atoms with E-state index in [9.17, 15) is 5.26 Å². The Kier molecular flexibility index (Phi) is 3.83. The molecule has 0 unspecified atom stereocenters. The number of aromatic nitrogens is 3. The minimum absolute atomic E-state index is 0.0866. The first-order chi connectivity index (χ1) is 12.0. The smallest absolute Gasteiger partial charge is 0.251 e. The summed E-state index contributed by atoms with van der Waals surface area (Å²) in [5.41, 5.74) is 4.71. The zero-order valence-electron chi connectivity index (χ0n) is 12.8. The molecule has 4 rings (SSSR count). The summed E-state index contributed by atoms with van der Waals surface area (Å²) >= 11 is 1.82. The second-order valence-electron chi connectivity index (χ2n) is 5.49. The zero-order chi connectivity index (χ0) is 17.8. The molecule has 12 heteroatoms. The number of halogens is 2. The molecular formula is C13H12FIN6O4. The molecule has 10 nitrogen and oxygen atoms in total. The Morgan fingerprint density at radius 1 is 1.48 bits per heavy atom. The molecule has 2 aliphatic heterocycles. The number of ether oxygens (including phenoxy) is 1. The molecule has 132 valence electrons. The van der Waals surface area contributed by atoms with Crippen molar-refractivity contribution in [3.05, 3.63) is 24.2 Å². The van der Waals surface area contributed by atoms with Crippen LogP contribution in [0.3, 0.4) is 0 Å². The Morgan fingerprint density at radius 3 is 2.92 bits per heavy atom. The first-order valence-electron chi connectivity index (χ1n) is 7.12. The van der Waals surface area contributed by atoms with Crippen molar-refractivity contribution in [2.24, 2.45) is 0 Å². The van der Waals surface area contributed by atoms with Crippen LogP contribution in [0, 0.1) is 11.3 Å². The van der Waals surface area contributed by atoms with E-state index in [0.29, 0.717) is 10.9 Å². The lowest BCUT2D eigenvalue weighted by Gasteiger charge is -2.27. The molecule has 0 bridgehead atoms. The zero-order valence-corrected chi connectivity index (χ0v) is 15.0. The summed E-state index contributed by atoms with van der Waals surface area (Å²) in [6, 6.07) is 5.21. The predicted octanol–water partition coefficient (Wildman–Crippen LogP) is 0.639. The van der Waals surface area contributed by atoms with E-state index in [1.165, 1.54) is 18.0 Å². The highest BCUT2D eigenvalue weighted by atomic mass is 127. The van der Waals surface area contributed by atoms with Gasteiger partial charge in [0, 0.05) is 0 Å². The van der Waals surface area contributed by atoms with Gasteiger partial charge in [-0.3, -0.25) is 4.84 Å². The maximum Gasteiger partial charge on any atom is 0.251 e. The van der Waals surface area contributed by atoms with Gasteiger partial charge in [-0.25, -0.2) is 23.6 Å². The Labute approximate surface area is 154 Å². The van der Waals surface area contributed by atoms with Crippen LogP contribution in [0.2, 0.25) is 0 Å². The van der Waals surface area contributed by atoms with E-state index >= 15 is 4.39 Å². The number of nitriles is 1. The molecule has 0 spiro atoms. The van der Waals surface area contributed by atoms with E-state index in [1.54, 1.807) is 12.1 Å². The van der Waals surface area contributed by atoms with Gasteiger partial charge in [0.2, 0.25) is 5.60 Å². The van der Waals surface area contributed by atoms with Crippen LogP contribution >= 0.6 is 22.6 Å². The summed E-state index contributed by atoms with van der Waals surface area (Å²) in [7, 11) is 1.29. The van der Waals surface area contributed by atoms with E-state index in [2.05, 4.69) is 10.1 Å². The van der Waals surface area contributed by atoms with Gasteiger partial charge >= 0.3 is 0 Å². The molecule has 0 amide bonds.